The number of likely N-dealkylation sites (N-methyl/N-ethyl adjacent to an activating group) is 1. The Labute approximate surface area is 286 Å². The van der Waals surface area contributed by atoms with Crippen LogP contribution in [0.4, 0.5) is 17.1 Å². The van der Waals surface area contributed by atoms with Crippen molar-refractivity contribution in [3.63, 3.8) is 0 Å². The summed E-state index contributed by atoms with van der Waals surface area (Å²) in [4.78, 5) is 24.4. The van der Waals surface area contributed by atoms with Gasteiger partial charge in [0.15, 0.2) is 0 Å². The Kier molecular flexibility index (Phi) is 11.9. The molecule has 0 spiro atoms. The van der Waals surface area contributed by atoms with Crippen LogP contribution in [-0.4, -0.2) is 61.2 Å². The van der Waals surface area contributed by atoms with E-state index in [1.54, 1.807) is 30.3 Å². The summed E-state index contributed by atoms with van der Waals surface area (Å²) in [5.41, 5.74) is 5.24. The highest BCUT2D eigenvalue weighted by Gasteiger charge is 2.20. The lowest BCUT2D eigenvalue weighted by Crippen LogP contribution is -2.15. The molecule has 0 aliphatic carbocycles. The summed E-state index contributed by atoms with van der Waals surface area (Å²) in [6.45, 7) is 6.65. The first-order valence-electron chi connectivity index (χ1n) is 16.2. The molecule has 1 amide bonds. The van der Waals surface area contributed by atoms with E-state index in [2.05, 4.69) is 22.8 Å². The zero-order valence-corrected chi connectivity index (χ0v) is 28.6. The predicted molar refractivity (Wildman–Crippen MR) is 189 cm³/mol. The highest BCUT2D eigenvalue weighted by molar-refractivity contribution is 6.32. The average Bonchev–Trinajstić information content (AvgIpc) is 3.08. The number of rotatable bonds is 13. The van der Waals surface area contributed by atoms with Gasteiger partial charge in [-0.05, 0) is 76.7 Å². The molecule has 1 aliphatic heterocycles. The monoisotopic (exact) mass is 668 g/mol. The molecule has 5 rings (SSSR count). The average molecular weight is 669 g/mol. The molecule has 2 aromatic heterocycles. The summed E-state index contributed by atoms with van der Waals surface area (Å²) in [7, 11) is 3.86. The van der Waals surface area contributed by atoms with Crippen molar-refractivity contribution in [2.45, 2.75) is 45.6 Å². The second kappa shape index (κ2) is 16.4. The lowest BCUT2D eigenvalue weighted by atomic mass is 9.96. The fraction of sp³-hybridized carbons (Fsp3) is 0.351. The Morgan fingerprint density at radius 2 is 1.92 bits per heavy atom. The van der Waals surface area contributed by atoms with Gasteiger partial charge in [0.05, 0.1) is 45.5 Å². The molecule has 10 nitrogen and oxygen atoms in total. The molecule has 2 N–H and O–H groups in total. The number of ether oxygens (including phenoxy) is 3. The number of hydrogen-bond acceptors (Lipinski definition) is 9. The minimum Gasteiger partial charge on any atom is -0.492 e. The van der Waals surface area contributed by atoms with Crippen LogP contribution in [0.25, 0.3) is 10.9 Å². The molecule has 0 saturated carbocycles. The lowest BCUT2D eigenvalue weighted by molar-refractivity contribution is -0.111. The Balaban J connectivity index is 1.42. The molecule has 2 aromatic carbocycles. The second-order valence-electron chi connectivity index (χ2n) is 11.7. The van der Waals surface area contributed by atoms with Gasteiger partial charge in [-0.3, -0.25) is 14.8 Å². The third-order valence-corrected chi connectivity index (χ3v) is 8.25. The molecule has 48 heavy (non-hydrogen) atoms. The maximum atomic E-state index is 12.8. The van der Waals surface area contributed by atoms with Gasteiger partial charge >= 0.3 is 0 Å². The number of hydrogen-bond donors (Lipinski definition) is 2. The van der Waals surface area contributed by atoms with E-state index in [1.807, 2.05) is 51.0 Å². The largest absolute Gasteiger partial charge is 0.492 e. The summed E-state index contributed by atoms with van der Waals surface area (Å²) in [6.07, 6.45) is 5.75. The molecule has 0 unspecified atom stereocenters. The first-order valence-corrected chi connectivity index (χ1v) is 16.6. The SMILES string of the molecule is CCOc1cc2nc(CC)c(C#N)c(Nc3ccc(OCc4cccc(C5CCOCC5)n4)c(Cl)c3)c2cc1NC(=O)/C=C/CN(C)C. The zero-order chi connectivity index (χ0) is 34.0. The molecule has 0 bridgehead atoms. The number of aromatic nitrogens is 2. The molecule has 1 saturated heterocycles. The molecule has 1 fully saturated rings. The van der Waals surface area contributed by atoms with Crippen LogP contribution in [0.3, 0.4) is 0 Å². The Bertz CT molecular complexity index is 1830. The molecule has 0 atom stereocenters. The van der Waals surface area contributed by atoms with E-state index in [0.717, 1.165) is 37.4 Å². The number of nitriles is 1. The number of nitrogens with one attached hydrogen (secondary N) is 2. The number of fused-ring (bicyclic) bond motifs is 1. The number of halogens is 1. The first kappa shape index (κ1) is 34.6. The van der Waals surface area contributed by atoms with Crippen LogP contribution in [0.15, 0.2) is 60.7 Å². The Morgan fingerprint density at radius 1 is 1.10 bits per heavy atom. The number of aryl methyl sites for hydroxylation is 1. The third-order valence-electron chi connectivity index (χ3n) is 7.95. The topological polar surface area (TPSA) is 122 Å². The van der Waals surface area contributed by atoms with Crippen molar-refractivity contribution < 1.29 is 19.0 Å². The van der Waals surface area contributed by atoms with Gasteiger partial charge in [-0.1, -0.05) is 30.7 Å². The molecule has 4 aromatic rings. The van der Waals surface area contributed by atoms with Gasteiger partial charge in [-0.25, -0.2) is 0 Å². The van der Waals surface area contributed by atoms with Crippen molar-refractivity contribution in [3.05, 3.63) is 88.4 Å². The Morgan fingerprint density at radius 3 is 2.62 bits per heavy atom. The molecule has 3 heterocycles. The van der Waals surface area contributed by atoms with Gasteiger partial charge in [0.2, 0.25) is 5.91 Å². The molecular formula is C37H41ClN6O4. The van der Waals surface area contributed by atoms with Crippen molar-refractivity contribution >= 4 is 45.5 Å². The Hall–Kier alpha value is -4.69. The molecule has 250 valence electrons. The lowest BCUT2D eigenvalue weighted by Gasteiger charge is -2.21. The fourth-order valence-corrected chi connectivity index (χ4v) is 5.79. The van der Waals surface area contributed by atoms with E-state index in [1.165, 1.54) is 6.08 Å². The fourth-order valence-electron chi connectivity index (χ4n) is 5.56. The van der Waals surface area contributed by atoms with Gasteiger partial charge in [-0.2, -0.15) is 5.26 Å². The van der Waals surface area contributed by atoms with Crippen LogP contribution >= 0.6 is 11.6 Å². The minimum atomic E-state index is -0.293. The van der Waals surface area contributed by atoms with Crippen LogP contribution < -0.4 is 20.1 Å². The number of benzene rings is 2. The standard InChI is InChI=1S/C37H41ClN6O4/c1-5-30-28(22-39)37(27-20-33(35(47-6-2)21-32(27)42-30)43-36(45)11-8-16-44(3)4)41-25-12-13-34(29(38)19-25)48-23-26-9-7-10-31(40-26)24-14-17-46-18-15-24/h7-13,19-21,24H,5-6,14-18,23H2,1-4H3,(H,41,42)(H,43,45)/b11-8+. The zero-order valence-electron chi connectivity index (χ0n) is 27.8. The number of carbonyl (C=O) groups is 1. The van der Waals surface area contributed by atoms with E-state index in [9.17, 15) is 10.1 Å². The van der Waals surface area contributed by atoms with E-state index >= 15 is 0 Å². The van der Waals surface area contributed by atoms with Crippen molar-refractivity contribution in [2.24, 2.45) is 0 Å². The number of pyridine rings is 2. The second-order valence-corrected chi connectivity index (χ2v) is 12.1. The number of amides is 1. The van der Waals surface area contributed by atoms with Gasteiger partial charge < -0.3 is 29.7 Å². The molecule has 1 aliphatic rings. The highest BCUT2D eigenvalue weighted by Crippen LogP contribution is 2.39. The van der Waals surface area contributed by atoms with Crippen molar-refractivity contribution in [2.75, 3.05) is 51.1 Å². The molecular weight excluding hydrogens is 628 g/mol. The minimum absolute atomic E-state index is 0.276. The molecule has 11 heteroatoms. The first-order chi connectivity index (χ1) is 23.3. The van der Waals surface area contributed by atoms with Crippen molar-refractivity contribution in [1.82, 2.24) is 14.9 Å². The summed E-state index contributed by atoms with van der Waals surface area (Å²) in [5.74, 6) is 1.11. The van der Waals surface area contributed by atoms with E-state index < -0.39 is 0 Å². The van der Waals surface area contributed by atoms with Crippen LogP contribution in [0.5, 0.6) is 11.5 Å². The van der Waals surface area contributed by atoms with Gasteiger partial charge in [-0.15, -0.1) is 0 Å². The summed E-state index contributed by atoms with van der Waals surface area (Å²) in [6, 6.07) is 17.3. The maximum absolute atomic E-state index is 12.8. The smallest absolute Gasteiger partial charge is 0.248 e. The van der Waals surface area contributed by atoms with E-state index in [0.29, 0.717) is 81.2 Å². The van der Waals surface area contributed by atoms with Crippen molar-refractivity contribution in [1.29, 1.82) is 5.26 Å². The summed E-state index contributed by atoms with van der Waals surface area (Å²) in [5, 5.41) is 17.6. The van der Waals surface area contributed by atoms with E-state index in [-0.39, 0.29) is 12.5 Å². The quantitative estimate of drug-likeness (QED) is 0.140. The van der Waals surface area contributed by atoms with Gasteiger partial charge in [0.25, 0.3) is 0 Å². The van der Waals surface area contributed by atoms with Crippen molar-refractivity contribution in [3.8, 4) is 17.6 Å². The normalized spacial score (nSPS) is 13.5. The van der Waals surface area contributed by atoms with E-state index in [4.69, 9.17) is 35.8 Å². The van der Waals surface area contributed by atoms with Crippen LogP contribution in [0.1, 0.15) is 55.3 Å². The third kappa shape index (κ3) is 8.61. The maximum Gasteiger partial charge on any atom is 0.248 e. The van der Waals surface area contributed by atoms with Gasteiger partial charge in [0.1, 0.15) is 24.2 Å². The van der Waals surface area contributed by atoms with Crippen LogP contribution in [0.2, 0.25) is 5.02 Å². The van der Waals surface area contributed by atoms with Crippen LogP contribution in [-0.2, 0) is 22.6 Å². The predicted octanol–water partition coefficient (Wildman–Crippen LogP) is 7.39. The summed E-state index contributed by atoms with van der Waals surface area (Å²) < 4.78 is 17.5. The number of anilines is 3. The summed E-state index contributed by atoms with van der Waals surface area (Å²) >= 11 is 6.71. The number of nitrogens with zero attached hydrogens (tertiary/aromatic N) is 4. The highest BCUT2D eigenvalue weighted by atomic mass is 35.5. The van der Waals surface area contributed by atoms with Gasteiger partial charge in [0, 0.05) is 54.6 Å². The molecule has 0 radical (unpaired) electrons. The number of carbonyl (C=O) groups excluding carboxylic acids is 1. The van der Waals surface area contributed by atoms with Crippen LogP contribution in [0, 0.1) is 11.3 Å².